The van der Waals surface area contributed by atoms with E-state index in [1.54, 1.807) is 13.2 Å². The number of anilines is 1. The molecule has 0 aliphatic heterocycles. The third-order valence-electron chi connectivity index (χ3n) is 2.97. The van der Waals surface area contributed by atoms with Gasteiger partial charge in [-0.25, -0.2) is 0 Å². The van der Waals surface area contributed by atoms with Gasteiger partial charge in [-0.2, -0.15) is 0 Å². The van der Waals surface area contributed by atoms with Gasteiger partial charge < -0.3 is 14.8 Å². The molecule has 0 saturated carbocycles. The highest BCUT2D eigenvalue weighted by atomic mass is 16.5. The first kappa shape index (κ1) is 14.9. The predicted octanol–water partition coefficient (Wildman–Crippen LogP) is 3.41. The van der Waals surface area contributed by atoms with Crippen LogP contribution in [0.5, 0.6) is 11.5 Å². The van der Waals surface area contributed by atoms with E-state index in [1.807, 2.05) is 49.4 Å². The number of hydrogen-bond acceptors (Lipinski definition) is 3. The molecule has 0 saturated heterocycles. The third-order valence-corrected chi connectivity index (χ3v) is 2.97. The SMILES string of the molecule is COc1cccc(NC(=O)CCOc2ccc(C)cc2)c1. The van der Waals surface area contributed by atoms with E-state index in [0.717, 1.165) is 11.4 Å². The van der Waals surface area contributed by atoms with E-state index in [4.69, 9.17) is 9.47 Å². The minimum Gasteiger partial charge on any atom is -0.497 e. The zero-order chi connectivity index (χ0) is 15.1. The zero-order valence-corrected chi connectivity index (χ0v) is 12.3. The van der Waals surface area contributed by atoms with Crippen molar-refractivity contribution in [2.75, 3.05) is 19.0 Å². The van der Waals surface area contributed by atoms with Gasteiger partial charge in [0, 0.05) is 11.8 Å². The molecule has 0 bridgehead atoms. The van der Waals surface area contributed by atoms with E-state index in [0.29, 0.717) is 18.8 Å². The molecular weight excluding hydrogens is 266 g/mol. The number of ether oxygens (including phenoxy) is 2. The Kier molecular flexibility index (Phi) is 5.21. The van der Waals surface area contributed by atoms with E-state index in [9.17, 15) is 4.79 Å². The summed E-state index contributed by atoms with van der Waals surface area (Å²) in [6, 6.07) is 15.0. The number of aryl methyl sites for hydroxylation is 1. The van der Waals surface area contributed by atoms with Crippen molar-refractivity contribution in [2.24, 2.45) is 0 Å². The largest absolute Gasteiger partial charge is 0.497 e. The molecule has 0 aliphatic rings. The van der Waals surface area contributed by atoms with Crippen molar-refractivity contribution in [2.45, 2.75) is 13.3 Å². The maximum Gasteiger partial charge on any atom is 0.227 e. The quantitative estimate of drug-likeness (QED) is 0.884. The average molecular weight is 285 g/mol. The normalized spacial score (nSPS) is 10.0. The van der Waals surface area contributed by atoms with E-state index in [2.05, 4.69) is 5.32 Å². The van der Waals surface area contributed by atoms with Gasteiger partial charge in [-0.05, 0) is 31.2 Å². The average Bonchev–Trinajstić information content (AvgIpc) is 2.49. The molecule has 0 heterocycles. The number of methoxy groups -OCH3 is 1. The van der Waals surface area contributed by atoms with E-state index < -0.39 is 0 Å². The second-order valence-electron chi connectivity index (χ2n) is 4.69. The fourth-order valence-corrected chi connectivity index (χ4v) is 1.82. The summed E-state index contributed by atoms with van der Waals surface area (Å²) in [6.07, 6.45) is 0.297. The second-order valence-corrected chi connectivity index (χ2v) is 4.69. The van der Waals surface area contributed by atoms with Crippen LogP contribution in [0.1, 0.15) is 12.0 Å². The molecule has 110 valence electrons. The van der Waals surface area contributed by atoms with Crippen LogP contribution in [0, 0.1) is 6.92 Å². The highest BCUT2D eigenvalue weighted by Crippen LogP contribution is 2.17. The summed E-state index contributed by atoms with van der Waals surface area (Å²) in [5.41, 5.74) is 1.90. The number of carbonyl (C=O) groups excluding carboxylic acids is 1. The van der Waals surface area contributed by atoms with Gasteiger partial charge in [0.1, 0.15) is 11.5 Å². The minimum atomic E-state index is -0.0876. The Morgan fingerprint density at radius 3 is 2.57 bits per heavy atom. The van der Waals surface area contributed by atoms with Crippen LogP contribution in [-0.2, 0) is 4.79 Å². The van der Waals surface area contributed by atoms with Crippen LogP contribution in [0.4, 0.5) is 5.69 Å². The molecule has 0 atom stereocenters. The van der Waals surface area contributed by atoms with Gasteiger partial charge >= 0.3 is 0 Å². The Morgan fingerprint density at radius 1 is 1.10 bits per heavy atom. The van der Waals surface area contributed by atoms with Crippen molar-refractivity contribution in [1.29, 1.82) is 0 Å². The van der Waals surface area contributed by atoms with Crippen LogP contribution in [-0.4, -0.2) is 19.6 Å². The maximum atomic E-state index is 11.8. The first-order chi connectivity index (χ1) is 10.2. The molecule has 4 heteroatoms. The van der Waals surface area contributed by atoms with Crippen LogP contribution in [0.15, 0.2) is 48.5 Å². The Labute approximate surface area is 124 Å². The molecule has 0 aliphatic carbocycles. The molecule has 1 N–H and O–H groups in total. The van der Waals surface area contributed by atoms with Crippen LogP contribution in [0.25, 0.3) is 0 Å². The third kappa shape index (κ3) is 4.84. The topological polar surface area (TPSA) is 47.6 Å². The van der Waals surface area contributed by atoms with Crippen molar-refractivity contribution >= 4 is 11.6 Å². The van der Waals surface area contributed by atoms with Gasteiger partial charge in [0.15, 0.2) is 0 Å². The molecule has 2 aromatic carbocycles. The van der Waals surface area contributed by atoms with Crippen molar-refractivity contribution in [1.82, 2.24) is 0 Å². The lowest BCUT2D eigenvalue weighted by Crippen LogP contribution is -2.15. The summed E-state index contributed by atoms with van der Waals surface area (Å²) in [5.74, 6) is 1.40. The molecule has 2 aromatic rings. The smallest absolute Gasteiger partial charge is 0.227 e. The fraction of sp³-hybridized carbons (Fsp3) is 0.235. The summed E-state index contributed by atoms with van der Waals surface area (Å²) in [5, 5.41) is 2.81. The Hall–Kier alpha value is -2.49. The summed E-state index contributed by atoms with van der Waals surface area (Å²) in [7, 11) is 1.59. The van der Waals surface area contributed by atoms with Gasteiger partial charge in [0.2, 0.25) is 5.91 Å². The number of hydrogen-bond donors (Lipinski definition) is 1. The highest BCUT2D eigenvalue weighted by Gasteiger charge is 2.04. The molecule has 0 aromatic heterocycles. The molecular formula is C17H19NO3. The summed E-state index contributed by atoms with van der Waals surface area (Å²) >= 11 is 0. The Morgan fingerprint density at radius 2 is 1.86 bits per heavy atom. The molecule has 0 spiro atoms. The number of carbonyl (C=O) groups is 1. The van der Waals surface area contributed by atoms with E-state index in [1.165, 1.54) is 5.56 Å². The maximum absolute atomic E-state index is 11.8. The zero-order valence-electron chi connectivity index (χ0n) is 12.3. The number of benzene rings is 2. The lowest BCUT2D eigenvalue weighted by atomic mass is 10.2. The Bertz CT molecular complexity index is 593. The summed E-state index contributed by atoms with van der Waals surface area (Å²) < 4.78 is 10.6. The van der Waals surface area contributed by atoms with Gasteiger partial charge in [-0.3, -0.25) is 4.79 Å². The highest BCUT2D eigenvalue weighted by molar-refractivity contribution is 5.90. The van der Waals surface area contributed by atoms with Crippen molar-refractivity contribution in [3.63, 3.8) is 0 Å². The van der Waals surface area contributed by atoms with E-state index >= 15 is 0 Å². The number of rotatable bonds is 6. The lowest BCUT2D eigenvalue weighted by Gasteiger charge is -2.08. The van der Waals surface area contributed by atoms with Gasteiger partial charge in [-0.1, -0.05) is 23.8 Å². The molecule has 1 amide bonds. The van der Waals surface area contributed by atoms with Crippen LogP contribution in [0.2, 0.25) is 0 Å². The fourth-order valence-electron chi connectivity index (χ4n) is 1.82. The first-order valence-corrected chi connectivity index (χ1v) is 6.81. The van der Waals surface area contributed by atoms with Gasteiger partial charge in [0.05, 0.1) is 20.1 Å². The summed E-state index contributed by atoms with van der Waals surface area (Å²) in [6.45, 7) is 2.37. The predicted molar refractivity (Wildman–Crippen MR) is 82.9 cm³/mol. The molecule has 0 unspecified atom stereocenters. The Balaban J connectivity index is 1.78. The van der Waals surface area contributed by atoms with Gasteiger partial charge in [0.25, 0.3) is 0 Å². The van der Waals surface area contributed by atoms with Gasteiger partial charge in [-0.15, -0.1) is 0 Å². The minimum absolute atomic E-state index is 0.0876. The van der Waals surface area contributed by atoms with Crippen molar-refractivity contribution in [3.8, 4) is 11.5 Å². The molecule has 2 rings (SSSR count). The molecule has 0 fully saturated rings. The molecule has 4 nitrogen and oxygen atoms in total. The number of amides is 1. The van der Waals surface area contributed by atoms with Crippen LogP contribution < -0.4 is 14.8 Å². The standard InChI is InChI=1S/C17H19NO3/c1-13-6-8-15(9-7-13)21-11-10-17(19)18-14-4-3-5-16(12-14)20-2/h3-9,12H,10-11H2,1-2H3,(H,18,19). The first-order valence-electron chi connectivity index (χ1n) is 6.81. The van der Waals surface area contributed by atoms with Crippen LogP contribution >= 0.6 is 0 Å². The molecule has 0 radical (unpaired) electrons. The summed E-state index contributed by atoms with van der Waals surface area (Å²) in [4.78, 5) is 11.8. The monoisotopic (exact) mass is 285 g/mol. The van der Waals surface area contributed by atoms with Crippen molar-refractivity contribution in [3.05, 3.63) is 54.1 Å². The van der Waals surface area contributed by atoms with E-state index in [-0.39, 0.29) is 5.91 Å². The van der Waals surface area contributed by atoms with Crippen molar-refractivity contribution < 1.29 is 14.3 Å². The van der Waals surface area contributed by atoms with Crippen LogP contribution in [0.3, 0.4) is 0 Å². The molecule has 21 heavy (non-hydrogen) atoms. The second kappa shape index (κ2) is 7.33. The number of nitrogens with one attached hydrogen (secondary N) is 1. The lowest BCUT2D eigenvalue weighted by molar-refractivity contribution is -0.116.